The summed E-state index contributed by atoms with van der Waals surface area (Å²) in [6.45, 7) is 1.88. The molecule has 4 heterocycles. The SMILES string of the molecule is O=C(CN1C(=O)c2ccccc2C1=O)N1CCN(c2cc(-n3cccn3)ncn2)CC1. The number of fused-ring (bicyclic) bond motifs is 1. The van der Waals surface area contributed by atoms with Crippen LogP contribution < -0.4 is 4.90 Å². The third kappa shape index (κ3) is 3.41. The maximum Gasteiger partial charge on any atom is 0.262 e. The lowest BCUT2D eigenvalue weighted by Gasteiger charge is -2.35. The molecule has 0 N–H and O–H groups in total. The smallest absolute Gasteiger partial charge is 0.262 e. The Morgan fingerprint density at radius 2 is 1.58 bits per heavy atom. The molecule has 0 aliphatic carbocycles. The average molecular weight is 417 g/mol. The van der Waals surface area contributed by atoms with E-state index in [0.717, 1.165) is 10.7 Å². The molecule has 1 aromatic carbocycles. The van der Waals surface area contributed by atoms with E-state index in [1.807, 2.05) is 18.3 Å². The fraction of sp³-hybridized carbons (Fsp3) is 0.238. The first kappa shape index (κ1) is 18.9. The minimum absolute atomic E-state index is 0.242. The lowest BCUT2D eigenvalue weighted by Crippen LogP contribution is -2.52. The molecule has 5 rings (SSSR count). The largest absolute Gasteiger partial charge is 0.353 e. The van der Waals surface area contributed by atoms with E-state index in [4.69, 9.17) is 0 Å². The van der Waals surface area contributed by atoms with Crippen LogP contribution in [-0.2, 0) is 4.79 Å². The average Bonchev–Trinajstić information content (AvgIpc) is 3.44. The molecule has 0 spiro atoms. The Labute approximate surface area is 177 Å². The van der Waals surface area contributed by atoms with E-state index in [-0.39, 0.29) is 12.5 Å². The second-order valence-electron chi connectivity index (χ2n) is 7.29. The van der Waals surface area contributed by atoms with Crippen LogP contribution >= 0.6 is 0 Å². The second-order valence-corrected chi connectivity index (χ2v) is 7.29. The Balaban J connectivity index is 1.21. The first-order valence-electron chi connectivity index (χ1n) is 9.92. The number of hydrogen-bond acceptors (Lipinski definition) is 7. The van der Waals surface area contributed by atoms with Gasteiger partial charge in [0.05, 0.1) is 11.1 Å². The van der Waals surface area contributed by atoms with E-state index in [2.05, 4.69) is 20.0 Å². The Kier molecular flexibility index (Phi) is 4.66. The van der Waals surface area contributed by atoms with Crippen LogP contribution in [0.2, 0.25) is 0 Å². The Morgan fingerprint density at radius 1 is 0.903 bits per heavy atom. The third-order valence-corrected chi connectivity index (χ3v) is 5.51. The summed E-state index contributed by atoms with van der Waals surface area (Å²) in [5, 5.41) is 4.18. The summed E-state index contributed by atoms with van der Waals surface area (Å²) in [6, 6.07) is 10.3. The van der Waals surface area contributed by atoms with Crippen LogP contribution in [0.15, 0.2) is 55.1 Å². The zero-order valence-corrected chi connectivity index (χ0v) is 16.6. The van der Waals surface area contributed by atoms with E-state index in [1.54, 1.807) is 40.0 Å². The highest BCUT2D eigenvalue weighted by atomic mass is 16.2. The highest BCUT2D eigenvalue weighted by Crippen LogP contribution is 2.22. The number of benzene rings is 1. The van der Waals surface area contributed by atoms with Gasteiger partial charge in [0.15, 0.2) is 5.82 Å². The molecule has 3 amide bonds. The summed E-state index contributed by atoms with van der Waals surface area (Å²) in [4.78, 5) is 51.1. The van der Waals surface area contributed by atoms with Gasteiger partial charge in [0, 0.05) is 44.6 Å². The number of nitrogens with zero attached hydrogens (tertiary/aromatic N) is 7. The van der Waals surface area contributed by atoms with Crippen molar-refractivity contribution in [3.8, 4) is 5.82 Å². The molecular weight excluding hydrogens is 398 g/mol. The predicted molar refractivity (Wildman–Crippen MR) is 110 cm³/mol. The lowest BCUT2D eigenvalue weighted by molar-refractivity contribution is -0.131. The molecule has 0 saturated carbocycles. The van der Waals surface area contributed by atoms with Crippen molar-refractivity contribution in [3.63, 3.8) is 0 Å². The molecule has 2 aliphatic rings. The van der Waals surface area contributed by atoms with Crippen LogP contribution in [0.4, 0.5) is 5.82 Å². The van der Waals surface area contributed by atoms with Gasteiger partial charge in [0.25, 0.3) is 11.8 Å². The highest BCUT2D eigenvalue weighted by Gasteiger charge is 2.37. The minimum Gasteiger partial charge on any atom is -0.353 e. The Bertz CT molecular complexity index is 1120. The number of imide groups is 1. The molecule has 1 fully saturated rings. The van der Waals surface area contributed by atoms with Gasteiger partial charge in [0.1, 0.15) is 18.7 Å². The number of piperazine rings is 1. The Hall–Kier alpha value is -4.08. The first-order valence-corrected chi connectivity index (χ1v) is 9.92. The molecule has 3 aromatic rings. The number of carbonyl (C=O) groups excluding carboxylic acids is 3. The van der Waals surface area contributed by atoms with E-state index < -0.39 is 11.8 Å². The molecule has 0 atom stereocenters. The van der Waals surface area contributed by atoms with Crippen molar-refractivity contribution in [1.29, 1.82) is 0 Å². The van der Waals surface area contributed by atoms with Crippen molar-refractivity contribution < 1.29 is 14.4 Å². The predicted octanol–water partition coefficient (Wildman–Crippen LogP) is 0.607. The van der Waals surface area contributed by atoms with Gasteiger partial charge < -0.3 is 9.80 Å². The fourth-order valence-electron chi connectivity index (χ4n) is 3.84. The number of carbonyl (C=O) groups is 3. The summed E-state index contributed by atoms with van der Waals surface area (Å²) < 4.78 is 1.66. The molecule has 31 heavy (non-hydrogen) atoms. The van der Waals surface area contributed by atoms with Gasteiger partial charge in [-0.2, -0.15) is 5.10 Å². The normalized spacial score (nSPS) is 16.1. The molecule has 0 bridgehead atoms. The second kappa shape index (κ2) is 7.63. The summed E-state index contributed by atoms with van der Waals surface area (Å²) in [7, 11) is 0. The van der Waals surface area contributed by atoms with Gasteiger partial charge in [0.2, 0.25) is 5.91 Å². The van der Waals surface area contributed by atoms with Crippen molar-refractivity contribution >= 4 is 23.5 Å². The molecule has 2 aromatic heterocycles. The van der Waals surface area contributed by atoms with Gasteiger partial charge in [-0.25, -0.2) is 14.6 Å². The van der Waals surface area contributed by atoms with Crippen molar-refractivity contribution in [3.05, 3.63) is 66.2 Å². The zero-order chi connectivity index (χ0) is 21.4. The maximum atomic E-state index is 12.8. The molecular formula is C21H19N7O3. The Morgan fingerprint density at radius 3 is 2.23 bits per heavy atom. The summed E-state index contributed by atoms with van der Waals surface area (Å²) >= 11 is 0. The number of hydrogen-bond donors (Lipinski definition) is 0. The summed E-state index contributed by atoms with van der Waals surface area (Å²) in [5.74, 6) is 0.348. The van der Waals surface area contributed by atoms with E-state index in [1.165, 1.54) is 6.33 Å². The van der Waals surface area contributed by atoms with E-state index in [9.17, 15) is 14.4 Å². The molecule has 10 heteroatoms. The van der Waals surface area contributed by atoms with Crippen LogP contribution in [0.5, 0.6) is 0 Å². The number of aromatic nitrogens is 4. The van der Waals surface area contributed by atoms with Gasteiger partial charge in [-0.15, -0.1) is 0 Å². The van der Waals surface area contributed by atoms with Crippen LogP contribution in [0, 0.1) is 0 Å². The van der Waals surface area contributed by atoms with Crippen molar-refractivity contribution in [2.75, 3.05) is 37.6 Å². The van der Waals surface area contributed by atoms with E-state index >= 15 is 0 Å². The molecule has 0 radical (unpaired) electrons. The van der Waals surface area contributed by atoms with Crippen molar-refractivity contribution in [2.45, 2.75) is 0 Å². The highest BCUT2D eigenvalue weighted by molar-refractivity contribution is 6.22. The van der Waals surface area contributed by atoms with Crippen LogP contribution in [0.25, 0.3) is 5.82 Å². The van der Waals surface area contributed by atoms with Gasteiger partial charge in [-0.05, 0) is 18.2 Å². The van der Waals surface area contributed by atoms with E-state index in [0.29, 0.717) is 43.1 Å². The fourth-order valence-corrected chi connectivity index (χ4v) is 3.84. The molecule has 10 nitrogen and oxygen atoms in total. The standard InChI is InChI=1S/C21H19N7O3/c29-19(13-27-20(30)15-4-1-2-5-16(15)21(27)31)26-10-8-25(9-11-26)17-12-18(23-14-22-17)28-7-3-6-24-28/h1-7,12,14H,8-11,13H2. The molecule has 2 aliphatic heterocycles. The molecule has 0 unspecified atom stereocenters. The van der Waals surface area contributed by atoms with Crippen LogP contribution in [0.1, 0.15) is 20.7 Å². The quantitative estimate of drug-likeness (QED) is 0.573. The van der Waals surface area contributed by atoms with Crippen LogP contribution in [-0.4, -0.2) is 80.0 Å². The third-order valence-electron chi connectivity index (χ3n) is 5.51. The first-order chi connectivity index (χ1) is 15.1. The molecule has 1 saturated heterocycles. The van der Waals surface area contributed by atoms with Crippen LogP contribution in [0.3, 0.4) is 0 Å². The maximum absolute atomic E-state index is 12.8. The lowest BCUT2D eigenvalue weighted by atomic mass is 10.1. The number of amides is 3. The van der Waals surface area contributed by atoms with Gasteiger partial charge in [-0.3, -0.25) is 19.3 Å². The zero-order valence-electron chi connectivity index (χ0n) is 16.6. The summed E-state index contributed by atoms with van der Waals surface area (Å²) in [6.07, 6.45) is 4.98. The minimum atomic E-state index is -0.417. The summed E-state index contributed by atoms with van der Waals surface area (Å²) in [5.41, 5.74) is 0.698. The molecule has 156 valence electrons. The topological polar surface area (TPSA) is 105 Å². The monoisotopic (exact) mass is 417 g/mol. The number of anilines is 1. The van der Waals surface area contributed by atoms with Gasteiger partial charge in [-0.1, -0.05) is 12.1 Å². The van der Waals surface area contributed by atoms with Crippen molar-refractivity contribution in [1.82, 2.24) is 29.5 Å². The van der Waals surface area contributed by atoms with Crippen molar-refractivity contribution in [2.24, 2.45) is 0 Å². The number of rotatable bonds is 4. The van der Waals surface area contributed by atoms with Gasteiger partial charge >= 0.3 is 0 Å².